The maximum Gasteiger partial charge on any atom is 0.273 e. The van der Waals surface area contributed by atoms with Crippen LogP contribution in [0, 0.1) is 0 Å². The molecule has 0 saturated carbocycles. The Balaban J connectivity index is 1.48. The van der Waals surface area contributed by atoms with Gasteiger partial charge >= 0.3 is 0 Å². The van der Waals surface area contributed by atoms with Crippen LogP contribution in [0.15, 0.2) is 36.5 Å². The summed E-state index contributed by atoms with van der Waals surface area (Å²) in [6.07, 6.45) is 4.72. The van der Waals surface area contributed by atoms with E-state index in [1.807, 2.05) is 30.3 Å². The third-order valence-electron chi connectivity index (χ3n) is 5.21. The lowest BCUT2D eigenvalue weighted by atomic mass is 10.0. The molecule has 1 N–H and O–H groups in total. The van der Waals surface area contributed by atoms with Crippen molar-refractivity contribution >= 4 is 15.7 Å². The van der Waals surface area contributed by atoms with Gasteiger partial charge in [0.05, 0.1) is 29.4 Å². The number of aromatic nitrogens is 3. The van der Waals surface area contributed by atoms with Gasteiger partial charge in [0.15, 0.2) is 15.5 Å². The molecule has 27 heavy (non-hydrogen) atoms. The quantitative estimate of drug-likeness (QED) is 0.825. The Hall–Kier alpha value is -2.26. The summed E-state index contributed by atoms with van der Waals surface area (Å²) in [5.41, 5.74) is 0.937. The first-order chi connectivity index (χ1) is 13.0. The number of likely N-dealkylation sites (tertiary alicyclic amines) is 1. The molecule has 1 amide bonds. The Morgan fingerprint density at radius 3 is 2.56 bits per heavy atom. The summed E-state index contributed by atoms with van der Waals surface area (Å²) in [7, 11) is -3.16. The molecule has 144 valence electrons. The first-order valence-electron chi connectivity index (χ1n) is 9.25. The Morgan fingerprint density at radius 2 is 1.81 bits per heavy atom. The summed E-state index contributed by atoms with van der Waals surface area (Å²) in [5, 5.41) is 11.2. The number of hydrogen-bond donors (Lipinski definition) is 1. The zero-order valence-electron chi connectivity index (χ0n) is 15.0. The van der Waals surface area contributed by atoms with E-state index in [0.29, 0.717) is 0 Å². The van der Waals surface area contributed by atoms with Gasteiger partial charge in [-0.1, -0.05) is 24.6 Å². The predicted molar refractivity (Wildman–Crippen MR) is 100 cm³/mol. The van der Waals surface area contributed by atoms with Crippen molar-refractivity contribution in [2.24, 2.45) is 0 Å². The molecule has 8 nitrogen and oxygen atoms in total. The summed E-state index contributed by atoms with van der Waals surface area (Å²) in [4.78, 5) is 16.2. The molecule has 1 aromatic heterocycles. The van der Waals surface area contributed by atoms with E-state index in [-0.39, 0.29) is 29.1 Å². The molecule has 2 saturated heterocycles. The second-order valence-corrected chi connectivity index (χ2v) is 9.33. The normalized spacial score (nSPS) is 25.3. The zero-order valence-corrected chi connectivity index (χ0v) is 15.8. The van der Waals surface area contributed by atoms with Crippen molar-refractivity contribution in [3.05, 3.63) is 42.2 Å². The molecule has 3 heterocycles. The van der Waals surface area contributed by atoms with Crippen LogP contribution in [0.3, 0.4) is 0 Å². The molecule has 2 atom stereocenters. The van der Waals surface area contributed by atoms with E-state index in [1.165, 1.54) is 17.4 Å². The lowest BCUT2D eigenvalue weighted by Gasteiger charge is -2.34. The van der Waals surface area contributed by atoms with Crippen molar-refractivity contribution in [2.75, 3.05) is 24.6 Å². The Labute approximate surface area is 158 Å². The molecule has 0 unspecified atom stereocenters. The van der Waals surface area contributed by atoms with Gasteiger partial charge in [0.25, 0.3) is 5.91 Å². The van der Waals surface area contributed by atoms with Crippen LogP contribution in [-0.2, 0) is 9.84 Å². The van der Waals surface area contributed by atoms with Crippen molar-refractivity contribution < 1.29 is 13.2 Å². The van der Waals surface area contributed by atoms with Crippen LogP contribution in [0.1, 0.15) is 29.8 Å². The summed E-state index contributed by atoms with van der Waals surface area (Å²) in [6, 6.07) is 8.73. The van der Waals surface area contributed by atoms with Crippen molar-refractivity contribution in [3.63, 3.8) is 0 Å². The largest absolute Gasteiger partial charge is 0.345 e. The van der Waals surface area contributed by atoms with E-state index in [2.05, 4.69) is 20.4 Å². The molecule has 0 aliphatic carbocycles. The van der Waals surface area contributed by atoms with Gasteiger partial charge in [0.1, 0.15) is 0 Å². The highest BCUT2D eigenvalue weighted by Gasteiger charge is 2.42. The van der Waals surface area contributed by atoms with Crippen LogP contribution in [0.4, 0.5) is 0 Å². The fourth-order valence-corrected chi connectivity index (χ4v) is 5.82. The molecule has 0 bridgehead atoms. The summed E-state index contributed by atoms with van der Waals surface area (Å²) < 4.78 is 24.4. The van der Waals surface area contributed by atoms with Gasteiger partial charge in [-0.15, -0.1) is 5.10 Å². The number of nitrogens with zero attached hydrogens (tertiary/aromatic N) is 4. The summed E-state index contributed by atoms with van der Waals surface area (Å²) in [6.45, 7) is 1.77. The number of carbonyl (C=O) groups is 1. The topological polar surface area (TPSA) is 97.2 Å². The molecule has 2 aliphatic rings. The second-order valence-electron chi connectivity index (χ2n) is 7.18. The Kier molecular flexibility index (Phi) is 4.96. The number of carbonyl (C=O) groups excluding carboxylic acids is 1. The molecule has 2 aromatic rings. The number of rotatable bonds is 4. The minimum atomic E-state index is -3.16. The third-order valence-corrected chi connectivity index (χ3v) is 6.93. The number of amides is 1. The molecule has 1 aromatic carbocycles. The third kappa shape index (κ3) is 4.03. The fourth-order valence-electron chi connectivity index (χ4n) is 3.87. The van der Waals surface area contributed by atoms with Gasteiger partial charge in [0.2, 0.25) is 0 Å². The molecular formula is C18H23N5O3S. The van der Waals surface area contributed by atoms with Crippen LogP contribution in [0.25, 0.3) is 5.69 Å². The molecule has 0 spiro atoms. The maximum atomic E-state index is 12.6. The Bertz CT molecular complexity index is 906. The first-order valence-corrected chi connectivity index (χ1v) is 11.1. The average molecular weight is 389 g/mol. The smallest absolute Gasteiger partial charge is 0.273 e. The highest BCUT2D eigenvalue weighted by Crippen LogP contribution is 2.22. The van der Waals surface area contributed by atoms with Gasteiger partial charge < -0.3 is 5.32 Å². The minimum Gasteiger partial charge on any atom is -0.345 e. The molecular weight excluding hydrogens is 366 g/mol. The van der Waals surface area contributed by atoms with Crippen LogP contribution >= 0.6 is 0 Å². The minimum absolute atomic E-state index is 0.0211. The fraction of sp³-hybridized carbons (Fsp3) is 0.500. The predicted octanol–water partition coefficient (Wildman–Crippen LogP) is 0.649. The molecule has 2 aliphatic heterocycles. The zero-order chi connectivity index (χ0) is 18.9. The monoisotopic (exact) mass is 389 g/mol. The van der Waals surface area contributed by atoms with Gasteiger partial charge in [-0.3, -0.25) is 9.69 Å². The van der Waals surface area contributed by atoms with Gasteiger partial charge in [-0.25, -0.2) is 8.42 Å². The molecule has 4 rings (SSSR count). The molecule has 2 fully saturated rings. The van der Waals surface area contributed by atoms with E-state index < -0.39 is 15.9 Å². The lowest BCUT2D eigenvalue weighted by molar-refractivity contribution is 0.0894. The standard InChI is InChI=1S/C18H23N5O3S/c24-18(15-11-19-23(21-15)14-7-3-1-4-8-14)20-16-12-27(25,26)13-17(16)22-9-5-2-6-10-22/h1,3-4,7-8,11,16-17H,2,5-6,9-10,12-13H2,(H,20,24)/t16-,17+/m1/s1. The van der Waals surface area contributed by atoms with Crippen molar-refractivity contribution in [2.45, 2.75) is 31.3 Å². The SMILES string of the molecule is O=C(N[C@@H]1CS(=O)(=O)C[C@@H]1N1CCCCC1)c1cnn(-c2ccccc2)n1. The van der Waals surface area contributed by atoms with Crippen LogP contribution < -0.4 is 5.32 Å². The molecule has 0 radical (unpaired) electrons. The van der Waals surface area contributed by atoms with Crippen molar-refractivity contribution in [1.29, 1.82) is 0 Å². The summed E-state index contributed by atoms with van der Waals surface area (Å²) >= 11 is 0. The van der Waals surface area contributed by atoms with E-state index in [9.17, 15) is 13.2 Å². The number of nitrogens with one attached hydrogen (secondary N) is 1. The number of hydrogen-bond acceptors (Lipinski definition) is 6. The average Bonchev–Trinajstić information content (AvgIpc) is 3.28. The van der Waals surface area contributed by atoms with E-state index in [1.54, 1.807) is 0 Å². The number of para-hydroxylation sites is 1. The number of piperidine rings is 1. The Morgan fingerprint density at radius 1 is 1.07 bits per heavy atom. The highest BCUT2D eigenvalue weighted by molar-refractivity contribution is 7.91. The van der Waals surface area contributed by atoms with Crippen molar-refractivity contribution in [1.82, 2.24) is 25.2 Å². The van der Waals surface area contributed by atoms with Crippen molar-refractivity contribution in [3.8, 4) is 5.69 Å². The highest BCUT2D eigenvalue weighted by atomic mass is 32.2. The van der Waals surface area contributed by atoms with Crippen LogP contribution in [-0.4, -0.2) is 70.9 Å². The lowest BCUT2D eigenvalue weighted by Crippen LogP contribution is -2.52. The van der Waals surface area contributed by atoms with Crippen LogP contribution in [0.2, 0.25) is 0 Å². The molecule has 9 heteroatoms. The van der Waals surface area contributed by atoms with Gasteiger partial charge in [-0.05, 0) is 38.1 Å². The van der Waals surface area contributed by atoms with Gasteiger partial charge in [-0.2, -0.15) is 9.90 Å². The first kappa shape index (κ1) is 18.1. The number of sulfone groups is 1. The maximum absolute atomic E-state index is 12.6. The number of benzene rings is 1. The summed E-state index contributed by atoms with van der Waals surface area (Å²) in [5.74, 6) is -0.303. The van der Waals surface area contributed by atoms with E-state index >= 15 is 0 Å². The van der Waals surface area contributed by atoms with E-state index in [0.717, 1.165) is 31.6 Å². The second kappa shape index (κ2) is 7.40. The van der Waals surface area contributed by atoms with E-state index in [4.69, 9.17) is 0 Å². The van der Waals surface area contributed by atoms with Crippen LogP contribution in [0.5, 0.6) is 0 Å². The van der Waals surface area contributed by atoms with Gasteiger partial charge in [0, 0.05) is 6.04 Å².